The average molecular weight is 268 g/mol. The van der Waals surface area contributed by atoms with Gasteiger partial charge in [0.15, 0.2) is 5.82 Å². The van der Waals surface area contributed by atoms with E-state index in [1.807, 2.05) is 12.1 Å². The monoisotopic (exact) mass is 267 g/mol. The molecule has 0 aliphatic rings. The molecule has 76 valence electrons. The number of carboxylic acid groups (broad SMARTS) is 1. The summed E-state index contributed by atoms with van der Waals surface area (Å²) in [5.41, 5.74) is 0.766. The maximum Gasteiger partial charge on any atom is 0.373 e. The number of aromatic nitrogens is 3. The van der Waals surface area contributed by atoms with Crippen LogP contribution in [0.4, 0.5) is 0 Å². The van der Waals surface area contributed by atoms with Crippen molar-refractivity contribution >= 4 is 21.9 Å². The first-order valence-electron chi connectivity index (χ1n) is 4.08. The van der Waals surface area contributed by atoms with Gasteiger partial charge in [0.25, 0.3) is 0 Å². The van der Waals surface area contributed by atoms with E-state index in [9.17, 15) is 4.79 Å². The van der Waals surface area contributed by atoms with Gasteiger partial charge < -0.3 is 5.11 Å². The van der Waals surface area contributed by atoms with Crippen LogP contribution in [0.3, 0.4) is 0 Å². The fourth-order valence-electron chi connectivity index (χ4n) is 1.09. The van der Waals surface area contributed by atoms with E-state index in [1.165, 1.54) is 0 Å². The summed E-state index contributed by atoms with van der Waals surface area (Å²) < 4.78 is 0.945. The summed E-state index contributed by atoms with van der Waals surface area (Å²) in [5.74, 6) is -0.904. The second kappa shape index (κ2) is 3.82. The fourth-order valence-corrected chi connectivity index (χ4v) is 1.35. The van der Waals surface area contributed by atoms with Crippen molar-refractivity contribution in [2.24, 2.45) is 0 Å². The number of nitrogens with one attached hydrogen (secondary N) is 1. The van der Waals surface area contributed by atoms with E-state index >= 15 is 0 Å². The third kappa shape index (κ3) is 2.04. The van der Waals surface area contributed by atoms with Gasteiger partial charge in [0.05, 0.1) is 0 Å². The first-order chi connectivity index (χ1) is 7.16. The van der Waals surface area contributed by atoms with Gasteiger partial charge in [0.1, 0.15) is 0 Å². The summed E-state index contributed by atoms with van der Waals surface area (Å²) in [6.45, 7) is 0. The number of nitrogens with zero attached hydrogens (tertiary/aromatic N) is 2. The molecule has 1 heterocycles. The lowest BCUT2D eigenvalue weighted by Crippen LogP contribution is -1.98. The lowest BCUT2D eigenvalue weighted by atomic mass is 10.2. The van der Waals surface area contributed by atoms with Gasteiger partial charge in [-0.05, 0) is 12.1 Å². The van der Waals surface area contributed by atoms with Crippen molar-refractivity contribution in [2.45, 2.75) is 0 Å². The molecule has 0 unspecified atom stereocenters. The average Bonchev–Trinajstić information content (AvgIpc) is 2.68. The second-order valence-corrected chi connectivity index (χ2v) is 3.74. The zero-order chi connectivity index (χ0) is 10.8. The van der Waals surface area contributed by atoms with Crippen LogP contribution >= 0.6 is 15.9 Å². The Kier molecular flexibility index (Phi) is 2.51. The predicted molar refractivity (Wildman–Crippen MR) is 56.5 cm³/mol. The number of aromatic carboxylic acids is 1. The van der Waals surface area contributed by atoms with Crippen molar-refractivity contribution in [3.8, 4) is 11.4 Å². The molecule has 0 aliphatic carbocycles. The minimum absolute atomic E-state index is 0.159. The number of carboxylic acids is 1. The number of H-pyrrole nitrogens is 1. The first kappa shape index (κ1) is 9.85. The third-order valence-electron chi connectivity index (χ3n) is 1.79. The Balaban J connectivity index is 2.37. The SMILES string of the molecule is O=C(O)c1nc(-c2ccc(Br)cc2)n[nH]1. The van der Waals surface area contributed by atoms with Gasteiger partial charge in [-0.25, -0.2) is 9.78 Å². The van der Waals surface area contributed by atoms with Crippen molar-refractivity contribution in [1.29, 1.82) is 0 Å². The van der Waals surface area contributed by atoms with Crippen LogP contribution in [0.25, 0.3) is 11.4 Å². The third-order valence-corrected chi connectivity index (χ3v) is 2.32. The Morgan fingerprint density at radius 2 is 2.00 bits per heavy atom. The molecule has 1 aromatic carbocycles. The van der Waals surface area contributed by atoms with Gasteiger partial charge >= 0.3 is 5.97 Å². The van der Waals surface area contributed by atoms with Crippen LogP contribution in [-0.2, 0) is 0 Å². The van der Waals surface area contributed by atoms with E-state index in [0.717, 1.165) is 10.0 Å². The number of benzene rings is 1. The molecule has 2 aromatic rings. The molecule has 0 saturated carbocycles. The highest BCUT2D eigenvalue weighted by molar-refractivity contribution is 9.10. The van der Waals surface area contributed by atoms with E-state index in [-0.39, 0.29) is 5.82 Å². The van der Waals surface area contributed by atoms with Crippen LogP contribution in [-0.4, -0.2) is 26.3 Å². The molecule has 2 N–H and O–H groups in total. The number of carbonyl (C=O) groups is 1. The topological polar surface area (TPSA) is 78.9 Å². The maximum atomic E-state index is 10.6. The zero-order valence-corrected chi connectivity index (χ0v) is 9.02. The van der Waals surface area contributed by atoms with Gasteiger partial charge in [-0.15, -0.1) is 0 Å². The summed E-state index contributed by atoms with van der Waals surface area (Å²) in [6.07, 6.45) is 0. The number of rotatable bonds is 2. The molecular weight excluding hydrogens is 262 g/mol. The summed E-state index contributed by atoms with van der Waals surface area (Å²) in [4.78, 5) is 14.4. The van der Waals surface area contributed by atoms with Crippen molar-refractivity contribution < 1.29 is 9.90 Å². The smallest absolute Gasteiger partial charge is 0.373 e. The molecule has 1 aromatic heterocycles. The molecule has 6 heteroatoms. The first-order valence-corrected chi connectivity index (χ1v) is 4.88. The lowest BCUT2D eigenvalue weighted by Gasteiger charge is -1.93. The molecule has 0 spiro atoms. The minimum Gasteiger partial charge on any atom is -0.475 e. The van der Waals surface area contributed by atoms with E-state index in [2.05, 4.69) is 31.1 Å². The van der Waals surface area contributed by atoms with E-state index in [4.69, 9.17) is 5.11 Å². The van der Waals surface area contributed by atoms with E-state index < -0.39 is 5.97 Å². The molecule has 0 radical (unpaired) electrons. The summed E-state index contributed by atoms with van der Waals surface area (Å²) in [5, 5.41) is 14.8. The van der Waals surface area contributed by atoms with Crippen molar-refractivity contribution in [3.05, 3.63) is 34.6 Å². The second-order valence-electron chi connectivity index (χ2n) is 2.82. The lowest BCUT2D eigenvalue weighted by molar-refractivity contribution is 0.0684. The Morgan fingerprint density at radius 1 is 1.33 bits per heavy atom. The number of hydrogen-bond donors (Lipinski definition) is 2. The Morgan fingerprint density at radius 3 is 2.53 bits per heavy atom. The standard InChI is InChI=1S/C9H6BrN3O2/c10-6-3-1-5(2-4-6)7-11-8(9(14)15)13-12-7/h1-4H,(H,14,15)(H,11,12,13). The number of hydrogen-bond acceptors (Lipinski definition) is 3. The largest absolute Gasteiger partial charge is 0.475 e. The molecule has 0 saturated heterocycles. The Bertz CT molecular complexity index is 492. The molecule has 0 amide bonds. The van der Waals surface area contributed by atoms with Crippen LogP contribution in [0, 0.1) is 0 Å². The summed E-state index contributed by atoms with van der Waals surface area (Å²) in [7, 11) is 0. The number of halogens is 1. The van der Waals surface area contributed by atoms with Crippen LogP contribution in [0.5, 0.6) is 0 Å². The molecule has 0 fully saturated rings. The minimum atomic E-state index is -1.12. The quantitative estimate of drug-likeness (QED) is 0.872. The van der Waals surface area contributed by atoms with E-state index in [1.54, 1.807) is 12.1 Å². The van der Waals surface area contributed by atoms with Gasteiger partial charge in [0.2, 0.25) is 5.82 Å². The van der Waals surface area contributed by atoms with Crippen LogP contribution < -0.4 is 0 Å². The Labute approximate surface area is 93.3 Å². The molecule has 5 nitrogen and oxygen atoms in total. The molecule has 2 rings (SSSR count). The highest BCUT2D eigenvalue weighted by Crippen LogP contribution is 2.17. The molecule has 0 bridgehead atoms. The molecule has 0 aliphatic heterocycles. The van der Waals surface area contributed by atoms with Gasteiger partial charge in [-0.3, -0.25) is 5.10 Å². The van der Waals surface area contributed by atoms with Gasteiger partial charge in [-0.1, -0.05) is 28.1 Å². The van der Waals surface area contributed by atoms with Crippen molar-refractivity contribution in [2.75, 3.05) is 0 Å². The van der Waals surface area contributed by atoms with Gasteiger partial charge in [-0.2, -0.15) is 5.10 Å². The van der Waals surface area contributed by atoms with E-state index in [0.29, 0.717) is 5.82 Å². The van der Waals surface area contributed by atoms with Gasteiger partial charge in [0, 0.05) is 10.0 Å². The molecular formula is C9H6BrN3O2. The Hall–Kier alpha value is -1.69. The highest BCUT2D eigenvalue weighted by atomic mass is 79.9. The number of aromatic amines is 1. The highest BCUT2D eigenvalue weighted by Gasteiger charge is 2.10. The molecule has 15 heavy (non-hydrogen) atoms. The normalized spacial score (nSPS) is 10.2. The van der Waals surface area contributed by atoms with Crippen LogP contribution in [0.2, 0.25) is 0 Å². The van der Waals surface area contributed by atoms with Crippen LogP contribution in [0.1, 0.15) is 10.6 Å². The molecule has 0 atom stereocenters. The maximum absolute atomic E-state index is 10.6. The summed E-state index contributed by atoms with van der Waals surface area (Å²) in [6, 6.07) is 7.29. The van der Waals surface area contributed by atoms with Crippen molar-refractivity contribution in [3.63, 3.8) is 0 Å². The fraction of sp³-hybridized carbons (Fsp3) is 0. The predicted octanol–water partition coefficient (Wildman–Crippen LogP) is 1.93. The zero-order valence-electron chi connectivity index (χ0n) is 7.44. The van der Waals surface area contributed by atoms with Crippen LogP contribution in [0.15, 0.2) is 28.7 Å². The van der Waals surface area contributed by atoms with Crippen molar-refractivity contribution in [1.82, 2.24) is 15.2 Å². The summed E-state index contributed by atoms with van der Waals surface area (Å²) >= 11 is 3.30.